The van der Waals surface area contributed by atoms with Gasteiger partial charge in [-0.1, -0.05) is 37.9 Å². The molecule has 0 aliphatic rings. The summed E-state index contributed by atoms with van der Waals surface area (Å²) in [4.78, 5) is 0. The van der Waals surface area contributed by atoms with Crippen LogP contribution in [0.25, 0.3) is 0 Å². The van der Waals surface area contributed by atoms with Crippen molar-refractivity contribution in [1.82, 2.24) is 0 Å². The van der Waals surface area contributed by atoms with Gasteiger partial charge in [-0.15, -0.1) is 0 Å². The molecule has 0 saturated heterocycles. The van der Waals surface area contributed by atoms with Crippen molar-refractivity contribution in [2.75, 3.05) is 0 Å². The molecule has 1 N–H and O–H groups in total. The van der Waals surface area contributed by atoms with Gasteiger partial charge in [-0.3, -0.25) is 0 Å². The van der Waals surface area contributed by atoms with E-state index in [-0.39, 0.29) is 6.61 Å². The highest BCUT2D eigenvalue weighted by molar-refractivity contribution is 9.10. The number of hydrogen-bond acceptors (Lipinski definition) is 2. The van der Waals surface area contributed by atoms with E-state index < -0.39 is 0 Å². The summed E-state index contributed by atoms with van der Waals surface area (Å²) in [6.07, 6.45) is 0. The van der Waals surface area contributed by atoms with Crippen LogP contribution in [0.1, 0.15) is 11.1 Å². The first-order chi connectivity index (χ1) is 8.60. The smallest absolute Gasteiger partial charge is 0.134 e. The minimum atomic E-state index is -0.0435. The van der Waals surface area contributed by atoms with Gasteiger partial charge in [0, 0.05) is 14.5 Å². The molecule has 94 valence electrons. The number of aliphatic hydroxyl groups is 1. The van der Waals surface area contributed by atoms with Crippen molar-refractivity contribution in [2.45, 2.75) is 13.5 Å². The highest BCUT2D eigenvalue weighted by Crippen LogP contribution is 2.31. The summed E-state index contributed by atoms with van der Waals surface area (Å²) in [7, 11) is 0. The number of aryl methyl sites for hydroxylation is 1. The second-order valence-electron chi connectivity index (χ2n) is 3.92. The zero-order chi connectivity index (χ0) is 13.1. The summed E-state index contributed by atoms with van der Waals surface area (Å²) in [5.41, 5.74) is 1.80. The lowest BCUT2D eigenvalue weighted by atomic mass is 10.2. The maximum Gasteiger partial charge on any atom is 0.134 e. The highest BCUT2D eigenvalue weighted by Gasteiger charge is 2.07. The SMILES string of the molecule is Cc1cc(Br)ccc1Oc1cc(Br)ccc1CO. The molecule has 0 aliphatic heterocycles. The van der Waals surface area contributed by atoms with Crippen LogP contribution < -0.4 is 4.74 Å². The minimum Gasteiger partial charge on any atom is -0.457 e. The first-order valence-electron chi connectivity index (χ1n) is 5.43. The van der Waals surface area contributed by atoms with Gasteiger partial charge in [-0.05, 0) is 42.8 Å². The van der Waals surface area contributed by atoms with Crippen molar-refractivity contribution >= 4 is 31.9 Å². The van der Waals surface area contributed by atoms with Crippen LogP contribution in [0.3, 0.4) is 0 Å². The van der Waals surface area contributed by atoms with E-state index >= 15 is 0 Å². The molecule has 0 radical (unpaired) electrons. The lowest BCUT2D eigenvalue weighted by Crippen LogP contribution is -1.93. The molecular weight excluding hydrogens is 360 g/mol. The van der Waals surface area contributed by atoms with Gasteiger partial charge >= 0.3 is 0 Å². The van der Waals surface area contributed by atoms with E-state index in [9.17, 15) is 5.11 Å². The molecule has 2 rings (SSSR count). The molecule has 0 aliphatic carbocycles. The zero-order valence-corrected chi connectivity index (χ0v) is 13.0. The molecular formula is C14H12Br2O2. The monoisotopic (exact) mass is 370 g/mol. The predicted molar refractivity (Wildman–Crippen MR) is 79.0 cm³/mol. The molecule has 0 heterocycles. The van der Waals surface area contributed by atoms with Crippen molar-refractivity contribution < 1.29 is 9.84 Å². The molecule has 2 aromatic carbocycles. The largest absolute Gasteiger partial charge is 0.457 e. The Balaban J connectivity index is 2.36. The molecule has 0 atom stereocenters. The summed E-state index contributed by atoms with van der Waals surface area (Å²) in [6.45, 7) is 1.94. The maximum atomic E-state index is 9.30. The third kappa shape index (κ3) is 3.13. The van der Waals surface area contributed by atoms with Crippen LogP contribution in [-0.4, -0.2) is 5.11 Å². The van der Waals surface area contributed by atoms with Crippen LogP contribution in [0.5, 0.6) is 11.5 Å². The zero-order valence-electron chi connectivity index (χ0n) is 9.78. The molecule has 2 aromatic rings. The fourth-order valence-electron chi connectivity index (χ4n) is 1.60. The normalized spacial score (nSPS) is 10.4. The molecule has 0 fully saturated rings. The van der Waals surface area contributed by atoms with Crippen molar-refractivity contribution in [2.24, 2.45) is 0 Å². The van der Waals surface area contributed by atoms with Gasteiger partial charge in [0.2, 0.25) is 0 Å². The van der Waals surface area contributed by atoms with Crippen molar-refractivity contribution in [1.29, 1.82) is 0 Å². The molecule has 0 saturated carbocycles. The lowest BCUT2D eigenvalue weighted by Gasteiger charge is -2.12. The van der Waals surface area contributed by atoms with Crippen LogP contribution >= 0.6 is 31.9 Å². The Morgan fingerprint density at radius 3 is 2.33 bits per heavy atom. The van der Waals surface area contributed by atoms with Crippen LogP contribution in [-0.2, 0) is 6.61 Å². The number of aliphatic hydroxyl groups excluding tert-OH is 1. The molecule has 2 nitrogen and oxygen atoms in total. The second kappa shape index (κ2) is 5.87. The molecule has 0 spiro atoms. The quantitative estimate of drug-likeness (QED) is 0.839. The minimum absolute atomic E-state index is 0.0435. The average molecular weight is 372 g/mol. The number of benzene rings is 2. The Bertz CT molecular complexity index is 568. The summed E-state index contributed by atoms with van der Waals surface area (Å²) >= 11 is 6.82. The summed E-state index contributed by atoms with van der Waals surface area (Å²) in [5, 5.41) is 9.30. The molecule has 0 unspecified atom stereocenters. The third-order valence-electron chi connectivity index (χ3n) is 2.56. The van der Waals surface area contributed by atoms with E-state index in [4.69, 9.17) is 4.74 Å². The van der Waals surface area contributed by atoms with E-state index in [2.05, 4.69) is 31.9 Å². The van der Waals surface area contributed by atoms with Gasteiger partial charge in [-0.2, -0.15) is 0 Å². The van der Waals surface area contributed by atoms with Gasteiger partial charge in [0.1, 0.15) is 11.5 Å². The van der Waals surface area contributed by atoms with E-state index in [1.165, 1.54) is 0 Å². The van der Waals surface area contributed by atoms with Gasteiger partial charge in [0.05, 0.1) is 6.61 Å². The van der Waals surface area contributed by atoms with E-state index in [0.29, 0.717) is 5.75 Å². The predicted octanol–water partition coefficient (Wildman–Crippen LogP) is 4.80. The molecule has 4 heteroatoms. The summed E-state index contributed by atoms with van der Waals surface area (Å²) in [5.74, 6) is 1.45. The van der Waals surface area contributed by atoms with E-state index in [0.717, 1.165) is 25.8 Å². The van der Waals surface area contributed by atoms with E-state index in [1.807, 2.05) is 43.3 Å². The Morgan fingerprint density at radius 1 is 1.00 bits per heavy atom. The molecule has 18 heavy (non-hydrogen) atoms. The standard InChI is InChI=1S/C14H12Br2O2/c1-9-6-11(15)4-5-13(9)18-14-7-12(16)3-2-10(14)8-17/h2-7,17H,8H2,1H3. The van der Waals surface area contributed by atoms with E-state index in [1.54, 1.807) is 0 Å². The van der Waals surface area contributed by atoms with Crippen molar-refractivity contribution in [3.05, 3.63) is 56.5 Å². The highest BCUT2D eigenvalue weighted by atomic mass is 79.9. The Morgan fingerprint density at radius 2 is 1.67 bits per heavy atom. The summed E-state index contributed by atoms with van der Waals surface area (Å²) in [6, 6.07) is 11.4. The number of halogens is 2. The molecule has 0 bridgehead atoms. The van der Waals surface area contributed by atoms with Crippen LogP contribution in [0, 0.1) is 6.92 Å². The Kier molecular flexibility index (Phi) is 4.43. The van der Waals surface area contributed by atoms with Gasteiger partial charge < -0.3 is 9.84 Å². The van der Waals surface area contributed by atoms with Crippen LogP contribution in [0.2, 0.25) is 0 Å². The first kappa shape index (κ1) is 13.6. The fourth-order valence-corrected chi connectivity index (χ4v) is 2.42. The maximum absolute atomic E-state index is 9.30. The number of hydrogen-bond donors (Lipinski definition) is 1. The summed E-state index contributed by atoms with van der Waals surface area (Å²) < 4.78 is 7.79. The van der Waals surface area contributed by atoms with Gasteiger partial charge in [0.15, 0.2) is 0 Å². The molecule has 0 amide bonds. The fraction of sp³-hybridized carbons (Fsp3) is 0.143. The van der Waals surface area contributed by atoms with Crippen molar-refractivity contribution in [3.63, 3.8) is 0 Å². The number of ether oxygens (including phenoxy) is 1. The molecule has 0 aromatic heterocycles. The van der Waals surface area contributed by atoms with Crippen LogP contribution in [0.15, 0.2) is 45.3 Å². The Labute approximate surface area is 123 Å². The average Bonchev–Trinajstić information content (AvgIpc) is 2.33. The van der Waals surface area contributed by atoms with Crippen molar-refractivity contribution in [3.8, 4) is 11.5 Å². The first-order valence-corrected chi connectivity index (χ1v) is 7.02. The van der Waals surface area contributed by atoms with Crippen LogP contribution in [0.4, 0.5) is 0 Å². The van der Waals surface area contributed by atoms with Gasteiger partial charge in [0.25, 0.3) is 0 Å². The number of rotatable bonds is 3. The third-order valence-corrected chi connectivity index (χ3v) is 3.54. The topological polar surface area (TPSA) is 29.5 Å². The lowest BCUT2D eigenvalue weighted by molar-refractivity contribution is 0.276. The Hall–Kier alpha value is -0.840. The van der Waals surface area contributed by atoms with Gasteiger partial charge in [-0.25, -0.2) is 0 Å². The second-order valence-corrected chi connectivity index (χ2v) is 5.75.